The molecule has 2 aliphatic rings. The zero-order chi connectivity index (χ0) is 19.0. The SMILES string of the molecule is NC1=NC2(CCCCC2)N(c2ccc(-c3ccc(F)cc3F)cc2)C(N)=N1. The second-order valence-electron chi connectivity index (χ2n) is 6.99. The Morgan fingerprint density at radius 2 is 1.63 bits per heavy atom. The molecule has 1 fully saturated rings. The first kappa shape index (κ1) is 17.5. The van der Waals surface area contributed by atoms with E-state index in [1.165, 1.54) is 12.1 Å². The molecule has 140 valence electrons. The number of halogens is 2. The summed E-state index contributed by atoms with van der Waals surface area (Å²) in [5.74, 6) is -0.677. The molecule has 0 radical (unpaired) electrons. The van der Waals surface area contributed by atoms with Gasteiger partial charge >= 0.3 is 0 Å². The molecule has 0 bridgehead atoms. The Balaban J connectivity index is 1.71. The molecule has 2 aromatic carbocycles. The highest BCUT2D eigenvalue weighted by molar-refractivity contribution is 6.05. The van der Waals surface area contributed by atoms with Crippen molar-refractivity contribution in [2.24, 2.45) is 21.5 Å². The average molecular weight is 369 g/mol. The van der Waals surface area contributed by atoms with E-state index in [1.807, 2.05) is 17.0 Å². The van der Waals surface area contributed by atoms with Crippen LogP contribution < -0.4 is 16.4 Å². The van der Waals surface area contributed by atoms with Crippen LogP contribution in [0.3, 0.4) is 0 Å². The minimum absolute atomic E-state index is 0.204. The molecule has 0 unspecified atom stereocenters. The fourth-order valence-corrected chi connectivity index (χ4v) is 4.01. The molecular formula is C20H21F2N5. The Bertz CT molecular complexity index is 914. The Hall–Kier alpha value is -2.96. The normalized spacial score (nSPS) is 19.0. The summed E-state index contributed by atoms with van der Waals surface area (Å²) < 4.78 is 27.2. The highest BCUT2D eigenvalue weighted by Gasteiger charge is 2.42. The van der Waals surface area contributed by atoms with E-state index >= 15 is 0 Å². The van der Waals surface area contributed by atoms with Crippen molar-refractivity contribution >= 4 is 17.6 Å². The molecule has 5 nitrogen and oxygen atoms in total. The topological polar surface area (TPSA) is 80.0 Å². The van der Waals surface area contributed by atoms with E-state index in [9.17, 15) is 8.78 Å². The second-order valence-corrected chi connectivity index (χ2v) is 6.99. The van der Waals surface area contributed by atoms with E-state index in [0.717, 1.165) is 43.9 Å². The number of guanidine groups is 2. The van der Waals surface area contributed by atoms with Crippen LogP contribution in [0.5, 0.6) is 0 Å². The minimum Gasteiger partial charge on any atom is -0.369 e. The Labute approximate surface area is 156 Å². The van der Waals surface area contributed by atoms with Gasteiger partial charge in [-0.2, -0.15) is 4.99 Å². The monoisotopic (exact) mass is 369 g/mol. The van der Waals surface area contributed by atoms with Gasteiger partial charge in [0.05, 0.1) is 0 Å². The van der Waals surface area contributed by atoms with Gasteiger partial charge in [0.1, 0.15) is 17.3 Å². The summed E-state index contributed by atoms with van der Waals surface area (Å²) >= 11 is 0. The summed E-state index contributed by atoms with van der Waals surface area (Å²) in [6, 6.07) is 10.9. The molecule has 4 rings (SSSR count). The molecule has 0 saturated heterocycles. The third-order valence-corrected chi connectivity index (χ3v) is 5.22. The van der Waals surface area contributed by atoms with E-state index in [-0.39, 0.29) is 5.96 Å². The first-order valence-corrected chi connectivity index (χ1v) is 9.04. The van der Waals surface area contributed by atoms with Gasteiger partial charge < -0.3 is 11.5 Å². The largest absolute Gasteiger partial charge is 0.369 e. The fourth-order valence-electron chi connectivity index (χ4n) is 4.01. The standard InChI is InChI=1S/C20H21F2N5/c21-14-6-9-16(17(22)12-14)13-4-7-15(8-5-13)27-19(24)25-18(23)26-20(27)10-2-1-3-11-20/h4-9,12H,1-3,10-11H2,(H4,23,24,25,26). The van der Waals surface area contributed by atoms with Crippen LogP contribution in [0.2, 0.25) is 0 Å². The Morgan fingerprint density at radius 3 is 2.30 bits per heavy atom. The molecule has 1 spiro atoms. The smallest absolute Gasteiger partial charge is 0.220 e. The molecular weight excluding hydrogens is 348 g/mol. The predicted octanol–water partition coefficient (Wildman–Crippen LogP) is 3.74. The molecule has 4 N–H and O–H groups in total. The van der Waals surface area contributed by atoms with Crippen LogP contribution in [0.4, 0.5) is 14.5 Å². The Morgan fingerprint density at radius 1 is 0.926 bits per heavy atom. The van der Waals surface area contributed by atoms with Crippen LogP contribution >= 0.6 is 0 Å². The average Bonchev–Trinajstić information content (AvgIpc) is 2.62. The van der Waals surface area contributed by atoms with E-state index in [0.29, 0.717) is 17.1 Å². The quantitative estimate of drug-likeness (QED) is 0.846. The van der Waals surface area contributed by atoms with E-state index in [1.54, 1.807) is 12.1 Å². The van der Waals surface area contributed by atoms with Gasteiger partial charge in [-0.05, 0) is 55.5 Å². The zero-order valence-corrected chi connectivity index (χ0v) is 14.8. The van der Waals surface area contributed by atoms with Crippen molar-refractivity contribution in [3.63, 3.8) is 0 Å². The maximum absolute atomic E-state index is 14.1. The second kappa shape index (κ2) is 6.64. The summed E-state index contributed by atoms with van der Waals surface area (Å²) in [5.41, 5.74) is 13.4. The summed E-state index contributed by atoms with van der Waals surface area (Å²) in [4.78, 5) is 10.7. The van der Waals surface area contributed by atoms with Gasteiger partial charge in [-0.15, -0.1) is 0 Å². The molecule has 1 heterocycles. The van der Waals surface area contributed by atoms with Crippen LogP contribution in [-0.2, 0) is 0 Å². The zero-order valence-electron chi connectivity index (χ0n) is 14.8. The summed E-state index contributed by atoms with van der Waals surface area (Å²) in [7, 11) is 0. The summed E-state index contributed by atoms with van der Waals surface area (Å²) in [6.45, 7) is 0. The molecule has 7 heteroatoms. The number of nitrogens with two attached hydrogens (primary N) is 2. The number of nitrogens with zero attached hydrogens (tertiary/aromatic N) is 3. The van der Waals surface area contributed by atoms with Crippen LogP contribution in [0.15, 0.2) is 52.4 Å². The highest BCUT2D eigenvalue weighted by Crippen LogP contribution is 2.40. The number of aliphatic imine (C=N–C) groups is 2. The minimum atomic E-state index is -0.597. The van der Waals surface area contributed by atoms with Crippen molar-refractivity contribution < 1.29 is 8.78 Å². The van der Waals surface area contributed by atoms with Crippen molar-refractivity contribution in [2.45, 2.75) is 37.8 Å². The molecule has 0 atom stereocenters. The third-order valence-electron chi connectivity index (χ3n) is 5.22. The van der Waals surface area contributed by atoms with Crippen LogP contribution in [0, 0.1) is 11.6 Å². The van der Waals surface area contributed by atoms with Crippen molar-refractivity contribution in [1.82, 2.24) is 0 Å². The molecule has 0 amide bonds. The van der Waals surface area contributed by atoms with Gasteiger partial charge in [0.25, 0.3) is 0 Å². The first-order chi connectivity index (χ1) is 13.0. The van der Waals surface area contributed by atoms with Gasteiger partial charge in [-0.25, -0.2) is 13.8 Å². The van der Waals surface area contributed by atoms with Crippen LogP contribution in [-0.4, -0.2) is 17.6 Å². The maximum atomic E-state index is 14.1. The first-order valence-electron chi connectivity index (χ1n) is 9.04. The molecule has 1 saturated carbocycles. The van der Waals surface area contributed by atoms with Crippen molar-refractivity contribution in [3.05, 3.63) is 54.1 Å². The van der Waals surface area contributed by atoms with Crippen LogP contribution in [0.1, 0.15) is 32.1 Å². The van der Waals surface area contributed by atoms with Gasteiger partial charge in [0, 0.05) is 17.3 Å². The number of benzene rings is 2. The number of hydrogen-bond donors (Lipinski definition) is 2. The van der Waals surface area contributed by atoms with Gasteiger partial charge in [0.15, 0.2) is 0 Å². The summed E-state index contributed by atoms with van der Waals surface area (Å²) in [6.07, 6.45) is 4.93. The predicted molar refractivity (Wildman–Crippen MR) is 103 cm³/mol. The van der Waals surface area contributed by atoms with E-state index in [2.05, 4.69) is 9.98 Å². The van der Waals surface area contributed by atoms with Crippen LogP contribution in [0.25, 0.3) is 11.1 Å². The van der Waals surface area contributed by atoms with Crippen molar-refractivity contribution in [3.8, 4) is 11.1 Å². The number of anilines is 1. The number of rotatable bonds is 2. The lowest BCUT2D eigenvalue weighted by Crippen LogP contribution is -2.58. The lowest BCUT2D eigenvalue weighted by atomic mass is 9.87. The third kappa shape index (κ3) is 3.13. The number of hydrogen-bond acceptors (Lipinski definition) is 5. The van der Waals surface area contributed by atoms with Crippen molar-refractivity contribution in [2.75, 3.05) is 4.90 Å². The van der Waals surface area contributed by atoms with E-state index in [4.69, 9.17) is 11.5 Å². The Kier molecular flexibility index (Phi) is 4.30. The van der Waals surface area contributed by atoms with Gasteiger partial charge in [-0.3, -0.25) is 4.90 Å². The van der Waals surface area contributed by atoms with Gasteiger partial charge in [-0.1, -0.05) is 18.6 Å². The molecule has 1 aliphatic carbocycles. The lowest BCUT2D eigenvalue weighted by molar-refractivity contribution is 0.305. The summed E-state index contributed by atoms with van der Waals surface area (Å²) in [5, 5.41) is 0. The molecule has 1 aliphatic heterocycles. The van der Waals surface area contributed by atoms with Crippen molar-refractivity contribution in [1.29, 1.82) is 0 Å². The fraction of sp³-hybridized carbons (Fsp3) is 0.300. The van der Waals surface area contributed by atoms with Gasteiger partial charge in [0.2, 0.25) is 11.9 Å². The van der Waals surface area contributed by atoms with E-state index < -0.39 is 17.3 Å². The maximum Gasteiger partial charge on any atom is 0.220 e. The highest BCUT2D eigenvalue weighted by atomic mass is 19.1. The molecule has 27 heavy (non-hydrogen) atoms. The lowest BCUT2D eigenvalue weighted by Gasteiger charge is -2.45. The molecule has 2 aromatic rings. The molecule has 0 aromatic heterocycles.